The van der Waals surface area contributed by atoms with Crippen molar-refractivity contribution in [3.05, 3.63) is 84.1 Å². The average molecular weight is 380 g/mol. The van der Waals surface area contributed by atoms with Crippen LogP contribution in [0.2, 0.25) is 0 Å². The van der Waals surface area contributed by atoms with E-state index in [0.717, 1.165) is 55.3 Å². The Bertz CT molecular complexity index is 939. The molecule has 0 spiro atoms. The van der Waals surface area contributed by atoms with Crippen LogP contribution in [0.15, 0.2) is 72.7 Å². The third-order valence-electron chi connectivity index (χ3n) is 5.17. The summed E-state index contributed by atoms with van der Waals surface area (Å²) in [4.78, 5) is 3.22. The van der Waals surface area contributed by atoms with Crippen LogP contribution in [0.1, 0.15) is 31.2 Å². The molecule has 1 unspecified atom stereocenters. The second-order valence-electron chi connectivity index (χ2n) is 7.10. The zero-order valence-electron chi connectivity index (χ0n) is 15.8. The lowest BCUT2D eigenvalue weighted by atomic mass is 9.96. The zero-order valence-corrected chi connectivity index (χ0v) is 15.8. The fraction of sp³-hybridized carbons (Fsp3) is 0.304. The molecule has 2 aliphatic rings. The highest BCUT2D eigenvalue weighted by atomic mass is 19.1. The summed E-state index contributed by atoms with van der Waals surface area (Å²) in [5.41, 5.74) is 3.46. The van der Waals surface area contributed by atoms with Gasteiger partial charge in [-0.2, -0.15) is 0 Å². The fourth-order valence-corrected chi connectivity index (χ4v) is 3.73. The molecule has 1 aromatic carbocycles. The van der Waals surface area contributed by atoms with E-state index in [1.54, 1.807) is 24.7 Å². The number of allylic oxidation sites excluding steroid dienone is 3. The first-order chi connectivity index (χ1) is 13.8. The molecule has 5 heteroatoms. The molecule has 4 rings (SSSR count). The number of aryl methyl sites for hydroxylation is 1. The smallest absolute Gasteiger partial charge is 0.159 e. The van der Waals surface area contributed by atoms with Crippen molar-refractivity contribution >= 4 is 10.9 Å². The molecule has 2 heterocycles. The number of fused-ring (bicyclic) bond motifs is 1. The van der Waals surface area contributed by atoms with Gasteiger partial charge in [0, 0.05) is 17.1 Å². The lowest BCUT2D eigenvalue weighted by molar-refractivity contribution is 0.233. The number of nitrogens with one attached hydrogen (secondary N) is 2. The van der Waals surface area contributed by atoms with Crippen molar-refractivity contribution in [2.75, 3.05) is 6.54 Å². The third-order valence-corrected chi connectivity index (χ3v) is 5.17. The minimum absolute atomic E-state index is 0.0251. The Kier molecular flexibility index (Phi) is 5.92. The van der Waals surface area contributed by atoms with Gasteiger partial charge in [-0.3, -0.25) is 0 Å². The molecule has 1 aliphatic heterocycles. The van der Waals surface area contributed by atoms with E-state index in [1.165, 1.54) is 23.5 Å². The van der Waals surface area contributed by atoms with Gasteiger partial charge in [-0.1, -0.05) is 18.2 Å². The number of aromatic amines is 1. The quantitative estimate of drug-likeness (QED) is 0.617. The topological polar surface area (TPSA) is 46.3 Å². The van der Waals surface area contributed by atoms with E-state index in [1.807, 2.05) is 6.20 Å². The molecule has 0 saturated heterocycles. The molecular formula is C23H25FN2O2. The van der Waals surface area contributed by atoms with Gasteiger partial charge in [-0.15, -0.1) is 0 Å². The van der Waals surface area contributed by atoms with Crippen LogP contribution in [-0.2, 0) is 15.9 Å². The summed E-state index contributed by atoms with van der Waals surface area (Å²) in [6.07, 6.45) is 18.2. The summed E-state index contributed by atoms with van der Waals surface area (Å²) < 4.78 is 24.5. The second-order valence-corrected chi connectivity index (χ2v) is 7.10. The minimum Gasteiger partial charge on any atom is -0.466 e. The molecule has 146 valence electrons. The molecule has 1 atom stereocenters. The van der Waals surface area contributed by atoms with Gasteiger partial charge in [0.2, 0.25) is 0 Å². The van der Waals surface area contributed by atoms with E-state index in [4.69, 9.17) is 9.47 Å². The first-order valence-electron chi connectivity index (χ1n) is 9.83. The number of benzene rings is 1. The normalized spacial score (nSPS) is 17.0. The van der Waals surface area contributed by atoms with Crippen molar-refractivity contribution in [2.45, 2.75) is 38.1 Å². The van der Waals surface area contributed by atoms with E-state index in [-0.39, 0.29) is 11.9 Å². The number of hydrogen-bond acceptors (Lipinski definition) is 3. The Balaban J connectivity index is 1.32. The number of rotatable bonds is 8. The molecule has 2 N–H and O–H groups in total. The van der Waals surface area contributed by atoms with E-state index >= 15 is 0 Å². The maximum atomic E-state index is 13.5. The largest absolute Gasteiger partial charge is 0.466 e. The van der Waals surface area contributed by atoms with Gasteiger partial charge < -0.3 is 19.8 Å². The van der Waals surface area contributed by atoms with Gasteiger partial charge in [0.1, 0.15) is 24.6 Å². The number of halogens is 1. The van der Waals surface area contributed by atoms with Crippen molar-refractivity contribution < 1.29 is 13.9 Å². The van der Waals surface area contributed by atoms with Gasteiger partial charge in [0.15, 0.2) is 5.76 Å². The lowest BCUT2D eigenvalue weighted by Gasteiger charge is -2.25. The number of H-pyrrole nitrogens is 1. The molecule has 1 aromatic heterocycles. The molecule has 0 fully saturated rings. The van der Waals surface area contributed by atoms with Crippen LogP contribution < -0.4 is 5.32 Å². The summed E-state index contributed by atoms with van der Waals surface area (Å²) in [5.74, 6) is 0.598. The molecular weight excluding hydrogens is 355 g/mol. The predicted octanol–water partition coefficient (Wildman–Crippen LogP) is 5.22. The Morgan fingerprint density at radius 2 is 2.18 bits per heavy atom. The van der Waals surface area contributed by atoms with Gasteiger partial charge in [-0.05, 0) is 68.0 Å². The molecule has 28 heavy (non-hydrogen) atoms. The Labute approximate surface area is 164 Å². The van der Waals surface area contributed by atoms with Crippen molar-refractivity contribution in [3.63, 3.8) is 0 Å². The van der Waals surface area contributed by atoms with Crippen LogP contribution in [0.5, 0.6) is 0 Å². The Morgan fingerprint density at radius 3 is 3.00 bits per heavy atom. The molecule has 0 bridgehead atoms. The molecule has 0 saturated carbocycles. The van der Waals surface area contributed by atoms with E-state index in [9.17, 15) is 4.39 Å². The predicted molar refractivity (Wildman–Crippen MR) is 109 cm³/mol. The van der Waals surface area contributed by atoms with Gasteiger partial charge in [0.25, 0.3) is 0 Å². The van der Waals surface area contributed by atoms with Crippen LogP contribution >= 0.6 is 0 Å². The highest BCUT2D eigenvalue weighted by Crippen LogP contribution is 2.24. The Hall–Kier alpha value is -2.79. The monoisotopic (exact) mass is 380 g/mol. The van der Waals surface area contributed by atoms with Gasteiger partial charge >= 0.3 is 0 Å². The maximum Gasteiger partial charge on any atom is 0.159 e. The number of ether oxygens (including phenoxy) is 2. The standard InChI is InChI=1S/C23H25FN2O2/c24-19-9-10-21-20(14-19)18(15-26-21)8-4-5-11-25-23(17-6-2-1-3-7-17)22-16-27-12-13-28-22/h1-2,6,9-10,12-16,23,25-26H,3-5,7-8,11H2. The van der Waals surface area contributed by atoms with Gasteiger partial charge in [0.05, 0.1) is 6.04 Å². The van der Waals surface area contributed by atoms with Gasteiger partial charge in [-0.25, -0.2) is 4.39 Å². The number of aromatic nitrogens is 1. The van der Waals surface area contributed by atoms with Crippen LogP contribution in [0.25, 0.3) is 10.9 Å². The highest BCUT2D eigenvalue weighted by Gasteiger charge is 2.21. The van der Waals surface area contributed by atoms with E-state index in [2.05, 4.69) is 28.5 Å². The molecule has 2 aromatic rings. The first-order valence-corrected chi connectivity index (χ1v) is 9.83. The summed E-state index contributed by atoms with van der Waals surface area (Å²) >= 11 is 0. The molecule has 0 amide bonds. The molecule has 1 aliphatic carbocycles. The summed E-state index contributed by atoms with van der Waals surface area (Å²) in [7, 11) is 0. The highest BCUT2D eigenvalue weighted by molar-refractivity contribution is 5.83. The maximum absolute atomic E-state index is 13.5. The molecule has 0 radical (unpaired) electrons. The first kappa shape index (κ1) is 18.6. The molecule has 4 nitrogen and oxygen atoms in total. The van der Waals surface area contributed by atoms with Crippen molar-refractivity contribution in [1.29, 1.82) is 0 Å². The summed E-state index contributed by atoms with van der Waals surface area (Å²) in [5, 5.41) is 4.59. The minimum atomic E-state index is -0.190. The number of unbranched alkanes of at least 4 members (excludes halogenated alkanes) is 1. The summed E-state index contributed by atoms with van der Waals surface area (Å²) in [6, 6.07) is 4.92. The Morgan fingerprint density at radius 1 is 1.21 bits per heavy atom. The van der Waals surface area contributed by atoms with Crippen LogP contribution in [0.3, 0.4) is 0 Å². The van der Waals surface area contributed by atoms with Crippen LogP contribution in [-0.4, -0.2) is 17.6 Å². The van der Waals surface area contributed by atoms with E-state index in [0.29, 0.717) is 0 Å². The van der Waals surface area contributed by atoms with Crippen molar-refractivity contribution in [2.24, 2.45) is 0 Å². The van der Waals surface area contributed by atoms with Crippen molar-refractivity contribution in [3.8, 4) is 0 Å². The lowest BCUT2D eigenvalue weighted by Crippen LogP contribution is -2.35. The van der Waals surface area contributed by atoms with Crippen molar-refractivity contribution in [1.82, 2.24) is 10.3 Å². The fourth-order valence-electron chi connectivity index (χ4n) is 3.73. The zero-order chi connectivity index (χ0) is 19.2. The summed E-state index contributed by atoms with van der Waals surface area (Å²) in [6.45, 7) is 0.868. The van der Waals surface area contributed by atoms with E-state index < -0.39 is 0 Å². The third kappa shape index (κ3) is 4.37. The SMILES string of the molecule is Fc1ccc2[nH]cc(CCCCNC(C3=CC=CCC3)C3=COC=CO3)c2c1. The van der Waals surface area contributed by atoms with Crippen LogP contribution in [0.4, 0.5) is 4.39 Å². The van der Waals surface area contributed by atoms with Crippen LogP contribution in [0, 0.1) is 5.82 Å². The second kappa shape index (κ2) is 8.93. The average Bonchev–Trinajstić information content (AvgIpc) is 3.14. The number of hydrogen-bond donors (Lipinski definition) is 2.